The minimum atomic E-state index is -3.17. The molecule has 1 aliphatic carbocycles. The topological polar surface area (TPSA) is 61.4 Å². The minimum Gasteiger partial charge on any atom is -0.385 e. The second-order valence-corrected chi connectivity index (χ2v) is 11.2. The molecule has 0 saturated heterocycles. The lowest BCUT2D eigenvalue weighted by Gasteiger charge is -2.29. The highest BCUT2D eigenvalue weighted by Crippen LogP contribution is 2.34. The van der Waals surface area contributed by atoms with E-state index in [2.05, 4.69) is 63.5 Å². The van der Waals surface area contributed by atoms with Gasteiger partial charge in [0.2, 0.25) is 10.0 Å². The van der Waals surface area contributed by atoms with Crippen LogP contribution in [0.15, 0.2) is 48.5 Å². The van der Waals surface area contributed by atoms with Gasteiger partial charge in [-0.05, 0) is 87.8 Å². The summed E-state index contributed by atoms with van der Waals surface area (Å²) in [5.74, 6) is 0.593. The molecular formula is C24H33N3O2S. The lowest BCUT2D eigenvalue weighted by Crippen LogP contribution is -2.41. The summed E-state index contributed by atoms with van der Waals surface area (Å²) >= 11 is 0. The van der Waals surface area contributed by atoms with Gasteiger partial charge in [-0.2, -0.15) is 0 Å². The molecule has 4 rings (SSSR count). The highest BCUT2D eigenvalue weighted by atomic mass is 32.2. The first-order chi connectivity index (χ1) is 14.4. The SMILES string of the molecule is CC(C)S(=O)(=O)NC1CCC(CNc2ccc(N3CCc4ccccc43)cc2)CC1. The van der Waals surface area contributed by atoms with Crippen LogP contribution in [0.25, 0.3) is 0 Å². The Bertz CT molecular complexity index is 949. The normalized spacial score (nSPS) is 21.6. The fourth-order valence-electron chi connectivity index (χ4n) is 4.48. The number of nitrogens with one attached hydrogen (secondary N) is 2. The van der Waals surface area contributed by atoms with E-state index in [9.17, 15) is 8.42 Å². The smallest absolute Gasteiger partial charge is 0.214 e. The first-order valence-corrected chi connectivity index (χ1v) is 12.7. The Hall–Kier alpha value is -2.05. The van der Waals surface area contributed by atoms with Crippen LogP contribution < -0.4 is 14.9 Å². The fourth-order valence-corrected chi connectivity index (χ4v) is 5.45. The number of rotatable bonds is 7. The maximum Gasteiger partial charge on any atom is 0.214 e. The lowest BCUT2D eigenvalue weighted by molar-refractivity contribution is 0.323. The molecule has 0 atom stereocenters. The largest absolute Gasteiger partial charge is 0.385 e. The molecule has 0 spiro atoms. The van der Waals surface area contributed by atoms with Gasteiger partial charge in [-0.15, -0.1) is 0 Å². The summed E-state index contributed by atoms with van der Waals surface area (Å²) < 4.78 is 27.0. The fraction of sp³-hybridized carbons (Fsp3) is 0.500. The van der Waals surface area contributed by atoms with Gasteiger partial charge in [0, 0.05) is 36.2 Å². The van der Waals surface area contributed by atoms with Gasteiger partial charge in [-0.1, -0.05) is 18.2 Å². The van der Waals surface area contributed by atoms with Crippen LogP contribution in [0.1, 0.15) is 45.1 Å². The Morgan fingerprint density at radius 1 is 1.00 bits per heavy atom. The van der Waals surface area contributed by atoms with E-state index in [4.69, 9.17) is 0 Å². The first kappa shape index (κ1) is 21.2. The number of fused-ring (bicyclic) bond motifs is 1. The summed E-state index contributed by atoms with van der Waals surface area (Å²) in [7, 11) is -3.17. The minimum absolute atomic E-state index is 0.0938. The van der Waals surface area contributed by atoms with Crippen LogP contribution in [0, 0.1) is 5.92 Å². The standard InChI is InChI=1S/C24H33N3O2S/c1-18(2)30(28,29)26-22-9-7-19(8-10-22)17-25-21-11-13-23(14-12-21)27-16-15-20-5-3-4-6-24(20)27/h3-6,11-14,18-19,22,25-26H,7-10,15-17H2,1-2H3. The highest BCUT2D eigenvalue weighted by Gasteiger charge is 2.26. The number of benzene rings is 2. The van der Waals surface area contributed by atoms with Crippen molar-refractivity contribution in [2.24, 2.45) is 5.92 Å². The maximum absolute atomic E-state index is 12.1. The molecular weight excluding hydrogens is 394 g/mol. The van der Waals surface area contributed by atoms with Crippen LogP contribution in [-0.4, -0.2) is 32.8 Å². The zero-order valence-corrected chi connectivity index (χ0v) is 18.8. The zero-order chi connectivity index (χ0) is 21.1. The Morgan fingerprint density at radius 3 is 2.40 bits per heavy atom. The molecule has 2 aromatic rings. The molecule has 6 heteroatoms. The van der Waals surface area contributed by atoms with Gasteiger partial charge >= 0.3 is 0 Å². The number of para-hydroxylation sites is 1. The third-order valence-electron chi connectivity index (χ3n) is 6.46. The average molecular weight is 428 g/mol. The summed E-state index contributed by atoms with van der Waals surface area (Å²) in [4.78, 5) is 2.39. The van der Waals surface area contributed by atoms with Crippen LogP contribution in [-0.2, 0) is 16.4 Å². The molecule has 0 aromatic heterocycles. The number of sulfonamides is 1. The van der Waals surface area contributed by atoms with Crippen molar-refractivity contribution in [3.05, 3.63) is 54.1 Å². The second-order valence-electron chi connectivity index (χ2n) is 8.89. The van der Waals surface area contributed by atoms with Gasteiger partial charge < -0.3 is 10.2 Å². The van der Waals surface area contributed by atoms with Gasteiger partial charge in [0.1, 0.15) is 0 Å². The van der Waals surface area contributed by atoms with E-state index in [0.717, 1.165) is 50.9 Å². The second kappa shape index (κ2) is 8.98. The van der Waals surface area contributed by atoms with E-state index < -0.39 is 10.0 Å². The summed E-state index contributed by atoms with van der Waals surface area (Å²) in [6.07, 6.45) is 5.06. The van der Waals surface area contributed by atoms with Crippen LogP contribution >= 0.6 is 0 Å². The molecule has 0 amide bonds. The molecule has 0 radical (unpaired) electrons. The molecule has 5 nitrogen and oxygen atoms in total. The van der Waals surface area contributed by atoms with E-state index in [1.165, 1.54) is 16.9 Å². The van der Waals surface area contributed by atoms with Crippen LogP contribution in [0.2, 0.25) is 0 Å². The van der Waals surface area contributed by atoms with E-state index in [1.54, 1.807) is 13.8 Å². The molecule has 2 aromatic carbocycles. The highest BCUT2D eigenvalue weighted by molar-refractivity contribution is 7.90. The lowest BCUT2D eigenvalue weighted by atomic mass is 9.86. The zero-order valence-electron chi connectivity index (χ0n) is 18.0. The molecule has 1 fully saturated rings. The monoisotopic (exact) mass is 427 g/mol. The number of hydrogen-bond acceptors (Lipinski definition) is 4. The summed E-state index contributed by atoms with van der Waals surface area (Å²) in [5.41, 5.74) is 5.13. The van der Waals surface area contributed by atoms with Gasteiger partial charge in [0.15, 0.2) is 0 Å². The van der Waals surface area contributed by atoms with Crippen molar-refractivity contribution in [2.45, 2.75) is 57.2 Å². The van der Waals surface area contributed by atoms with Gasteiger partial charge in [-0.3, -0.25) is 0 Å². The number of anilines is 3. The molecule has 30 heavy (non-hydrogen) atoms. The Kier molecular flexibility index (Phi) is 6.34. The van der Waals surface area contributed by atoms with Crippen LogP contribution in [0.4, 0.5) is 17.1 Å². The van der Waals surface area contributed by atoms with E-state index in [0.29, 0.717) is 5.92 Å². The molecule has 1 aliphatic heterocycles. The van der Waals surface area contributed by atoms with Gasteiger partial charge in [0.25, 0.3) is 0 Å². The van der Waals surface area contributed by atoms with Crippen molar-refractivity contribution >= 4 is 27.1 Å². The first-order valence-electron chi connectivity index (χ1n) is 11.1. The van der Waals surface area contributed by atoms with Crippen LogP contribution in [0.5, 0.6) is 0 Å². The maximum atomic E-state index is 12.1. The molecule has 1 heterocycles. The van der Waals surface area contributed by atoms with E-state index >= 15 is 0 Å². The van der Waals surface area contributed by atoms with E-state index in [1.807, 2.05) is 0 Å². The molecule has 2 aliphatic rings. The van der Waals surface area contributed by atoms with Crippen molar-refractivity contribution in [1.82, 2.24) is 4.72 Å². The van der Waals surface area contributed by atoms with Crippen LogP contribution in [0.3, 0.4) is 0 Å². The third kappa shape index (κ3) is 4.81. The average Bonchev–Trinajstić information content (AvgIpc) is 3.17. The molecule has 162 valence electrons. The Morgan fingerprint density at radius 2 is 1.70 bits per heavy atom. The summed E-state index contributed by atoms with van der Waals surface area (Å²) in [6.45, 7) is 5.43. The third-order valence-corrected chi connectivity index (χ3v) is 8.36. The van der Waals surface area contributed by atoms with Crippen molar-refractivity contribution in [2.75, 3.05) is 23.3 Å². The quantitative estimate of drug-likeness (QED) is 0.674. The van der Waals surface area contributed by atoms with Crippen molar-refractivity contribution < 1.29 is 8.42 Å². The van der Waals surface area contributed by atoms with Crippen molar-refractivity contribution in [3.63, 3.8) is 0 Å². The predicted molar refractivity (Wildman–Crippen MR) is 125 cm³/mol. The molecule has 2 N–H and O–H groups in total. The number of hydrogen-bond donors (Lipinski definition) is 2. The summed E-state index contributed by atoms with van der Waals surface area (Å²) in [5, 5.41) is 3.21. The molecule has 0 unspecified atom stereocenters. The Labute approximate surface area is 180 Å². The van der Waals surface area contributed by atoms with E-state index in [-0.39, 0.29) is 11.3 Å². The van der Waals surface area contributed by atoms with Gasteiger partial charge in [0.05, 0.1) is 5.25 Å². The summed E-state index contributed by atoms with van der Waals surface area (Å²) in [6, 6.07) is 17.5. The molecule has 0 bridgehead atoms. The van der Waals surface area contributed by atoms with Crippen molar-refractivity contribution in [1.29, 1.82) is 0 Å². The van der Waals surface area contributed by atoms with Crippen molar-refractivity contribution in [3.8, 4) is 0 Å². The Balaban J connectivity index is 1.26. The number of nitrogens with zero attached hydrogens (tertiary/aromatic N) is 1. The van der Waals surface area contributed by atoms with Gasteiger partial charge in [-0.25, -0.2) is 13.1 Å². The molecule has 1 saturated carbocycles. The predicted octanol–water partition coefficient (Wildman–Crippen LogP) is 4.68.